The average Bonchev–Trinajstić information content (AvgIpc) is 2.49. The lowest BCUT2D eigenvalue weighted by Crippen LogP contribution is -2.44. The maximum Gasteiger partial charge on any atom is 0.410 e. The van der Waals surface area contributed by atoms with Gasteiger partial charge >= 0.3 is 24.2 Å². The van der Waals surface area contributed by atoms with E-state index in [0.29, 0.717) is 0 Å². The molecule has 0 aliphatic heterocycles. The Balaban J connectivity index is 4.85. The fraction of sp³-hybridized carbons (Fsp3) is 0.706. The van der Waals surface area contributed by atoms with Crippen LogP contribution in [0.1, 0.15) is 54.4 Å². The van der Waals surface area contributed by atoms with E-state index in [2.05, 4.69) is 10.1 Å². The Morgan fingerprint density at radius 1 is 1.07 bits per heavy atom. The number of esters is 2. The van der Waals surface area contributed by atoms with Gasteiger partial charge in [-0.15, -0.1) is 0 Å². The van der Waals surface area contributed by atoms with E-state index < -0.39 is 47.7 Å². The minimum atomic E-state index is -1.17. The Morgan fingerprint density at radius 2 is 1.67 bits per heavy atom. The first-order valence-electron chi connectivity index (χ1n) is 8.48. The van der Waals surface area contributed by atoms with Crippen molar-refractivity contribution in [1.82, 2.24) is 5.32 Å². The van der Waals surface area contributed by atoms with Crippen molar-refractivity contribution in [2.24, 2.45) is 5.41 Å². The molecule has 0 spiro atoms. The van der Waals surface area contributed by atoms with Crippen molar-refractivity contribution in [1.29, 1.82) is 5.53 Å². The molecule has 0 heterocycles. The SMILES string of the molecule is CC(C)OC(=O)C(CCC(=O)C=[N+]=N)NC(=O)O[C@@H](C)OC(=O)C(C)(C)C. The molecule has 2 atom stereocenters. The second-order valence-corrected chi connectivity index (χ2v) is 7.07. The van der Waals surface area contributed by atoms with Gasteiger partial charge in [0.2, 0.25) is 12.1 Å². The number of amides is 1. The highest BCUT2D eigenvalue weighted by molar-refractivity contribution is 6.25. The number of Topliss-reactive ketones (excluding diaryl/α,β-unsaturated/α-hetero) is 1. The summed E-state index contributed by atoms with van der Waals surface area (Å²) in [6.45, 7) is 9.59. The highest BCUT2D eigenvalue weighted by Crippen LogP contribution is 2.16. The molecule has 10 heteroatoms. The fourth-order valence-corrected chi connectivity index (χ4v) is 1.67. The van der Waals surface area contributed by atoms with E-state index in [1.807, 2.05) is 0 Å². The summed E-state index contributed by atoms with van der Waals surface area (Å²) in [6.07, 6.45) is -1.99. The molecule has 0 saturated carbocycles. The zero-order valence-electron chi connectivity index (χ0n) is 16.5. The quantitative estimate of drug-likeness (QED) is 0.201. The number of carbonyl (C=O) groups excluding carboxylic acids is 4. The number of alkyl carbamates (subject to hydrolysis) is 1. The van der Waals surface area contributed by atoms with Crippen LogP contribution < -0.4 is 5.32 Å². The lowest BCUT2D eigenvalue weighted by molar-refractivity contribution is -0.174. The van der Waals surface area contributed by atoms with Gasteiger partial charge in [-0.3, -0.25) is 9.59 Å². The summed E-state index contributed by atoms with van der Waals surface area (Å²) in [5.74, 6) is -1.77. The monoisotopic (exact) mass is 386 g/mol. The largest absolute Gasteiger partial charge is 0.461 e. The minimum Gasteiger partial charge on any atom is -0.461 e. The Bertz CT molecular complexity index is 604. The Labute approximate surface area is 158 Å². The van der Waals surface area contributed by atoms with Crippen LogP contribution in [0.4, 0.5) is 4.79 Å². The van der Waals surface area contributed by atoms with Gasteiger partial charge in [0.05, 0.1) is 21.8 Å². The molecule has 0 aliphatic carbocycles. The standard InChI is InChI=1S/C17H27N3O7/c1-10(2)25-14(22)13(8-7-12(21)9-19-18)20-16(24)27-11(3)26-15(23)17(4,5)6/h9-11,13,18H,7-8H2,1-6H3/p+1/t11-,13?/m0/s1. The summed E-state index contributed by atoms with van der Waals surface area (Å²) < 4.78 is 14.9. The van der Waals surface area contributed by atoms with Crippen molar-refractivity contribution < 1.29 is 38.2 Å². The Morgan fingerprint density at radius 3 is 2.15 bits per heavy atom. The van der Waals surface area contributed by atoms with Crippen LogP contribution in [0.15, 0.2) is 0 Å². The molecule has 0 fully saturated rings. The number of hydrogen-bond donors (Lipinski definition) is 2. The third kappa shape index (κ3) is 10.8. The molecule has 0 radical (unpaired) electrons. The van der Waals surface area contributed by atoms with Crippen LogP contribution in [0.5, 0.6) is 0 Å². The van der Waals surface area contributed by atoms with Gasteiger partial charge in [-0.1, -0.05) is 0 Å². The van der Waals surface area contributed by atoms with Crippen LogP contribution in [0.25, 0.3) is 0 Å². The van der Waals surface area contributed by atoms with E-state index in [4.69, 9.17) is 19.7 Å². The van der Waals surface area contributed by atoms with E-state index in [0.717, 1.165) is 6.21 Å². The predicted octanol–water partition coefficient (Wildman–Crippen LogP) is 1.63. The molecule has 2 N–H and O–H groups in total. The van der Waals surface area contributed by atoms with Crippen LogP contribution in [0.2, 0.25) is 0 Å². The van der Waals surface area contributed by atoms with E-state index in [9.17, 15) is 19.2 Å². The summed E-state index contributed by atoms with van der Waals surface area (Å²) >= 11 is 0. The molecule has 152 valence electrons. The van der Waals surface area contributed by atoms with Crippen molar-refractivity contribution in [3.63, 3.8) is 0 Å². The van der Waals surface area contributed by atoms with Crippen molar-refractivity contribution >= 4 is 30.0 Å². The van der Waals surface area contributed by atoms with Gasteiger partial charge in [0.1, 0.15) is 6.04 Å². The van der Waals surface area contributed by atoms with Crippen LogP contribution in [0.3, 0.4) is 0 Å². The normalized spacial score (nSPS) is 13.0. The summed E-state index contributed by atoms with van der Waals surface area (Å²) in [6, 6.07) is -1.14. The zero-order chi connectivity index (χ0) is 21.2. The smallest absolute Gasteiger partial charge is 0.410 e. The highest BCUT2D eigenvalue weighted by atomic mass is 16.7. The molecule has 1 amide bonds. The number of hydrogen-bond acceptors (Lipinski definition) is 8. The second kappa shape index (κ2) is 11.1. The van der Waals surface area contributed by atoms with Crippen molar-refractivity contribution in [3.8, 4) is 0 Å². The number of nitrogens with zero attached hydrogens (tertiary/aromatic N) is 1. The van der Waals surface area contributed by atoms with Crippen LogP contribution in [-0.4, -0.2) is 53.3 Å². The van der Waals surface area contributed by atoms with Crippen LogP contribution >= 0.6 is 0 Å². The number of nitrogens with one attached hydrogen (secondary N) is 2. The Kier molecular flexibility index (Phi) is 9.95. The van der Waals surface area contributed by atoms with Gasteiger partial charge in [0, 0.05) is 13.3 Å². The Hall–Kier alpha value is -2.74. The highest BCUT2D eigenvalue weighted by Gasteiger charge is 2.28. The minimum absolute atomic E-state index is 0.0678. The molecule has 0 aliphatic rings. The van der Waals surface area contributed by atoms with Gasteiger partial charge in [-0.05, 0) is 41.0 Å². The third-order valence-corrected chi connectivity index (χ3v) is 2.97. The van der Waals surface area contributed by atoms with Crippen molar-refractivity contribution in [3.05, 3.63) is 0 Å². The first-order valence-corrected chi connectivity index (χ1v) is 8.48. The molecule has 0 aromatic carbocycles. The van der Waals surface area contributed by atoms with Crippen LogP contribution in [-0.2, 0) is 28.6 Å². The first kappa shape index (κ1) is 24.3. The van der Waals surface area contributed by atoms with Crippen LogP contribution in [0, 0.1) is 10.9 Å². The summed E-state index contributed by atoms with van der Waals surface area (Å²) in [5, 5.41) is 2.29. The second-order valence-electron chi connectivity index (χ2n) is 7.07. The molecular weight excluding hydrogens is 358 g/mol. The number of ether oxygens (including phenoxy) is 3. The van der Waals surface area contributed by atoms with Gasteiger partial charge in [-0.2, -0.15) is 0 Å². The first-order chi connectivity index (χ1) is 12.4. The molecule has 0 bridgehead atoms. The topological polar surface area (TPSA) is 146 Å². The molecule has 27 heavy (non-hydrogen) atoms. The lowest BCUT2D eigenvalue weighted by Gasteiger charge is -2.22. The van der Waals surface area contributed by atoms with Gasteiger partial charge in [0.25, 0.3) is 0 Å². The zero-order valence-corrected chi connectivity index (χ0v) is 16.5. The summed E-state index contributed by atoms with van der Waals surface area (Å²) in [7, 11) is 0. The number of rotatable bonds is 9. The molecule has 0 saturated heterocycles. The fourth-order valence-electron chi connectivity index (χ4n) is 1.67. The van der Waals surface area contributed by atoms with E-state index >= 15 is 0 Å². The van der Waals surface area contributed by atoms with E-state index in [1.54, 1.807) is 34.6 Å². The average molecular weight is 386 g/mol. The molecule has 0 rings (SSSR count). The van der Waals surface area contributed by atoms with Gasteiger partial charge in [-0.25, -0.2) is 9.59 Å². The predicted molar refractivity (Wildman–Crippen MR) is 92.9 cm³/mol. The van der Waals surface area contributed by atoms with Gasteiger partial charge in [0.15, 0.2) is 0 Å². The van der Waals surface area contributed by atoms with Crippen molar-refractivity contribution in [2.45, 2.75) is 72.8 Å². The molecule has 0 aromatic heterocycles. The molecule has 1 unspecified atom stereocenters. The van der Waals surface area contributed by atoms with E-state index in [-0.39, 0.29) is 12.8 Å². The van der Waals surface area contributed by atoms with Gasteiger partial charge < -0.3 is 19.5 Å². The van der Waals surface area contributed by atoms with Crippen molar-refractivity contribution in [2.75, 3.05) is 0 Å². The molecule has 10 nitrogen and oxygen atoms in total. The molecular formula is C17H28N3O7+. The maximum atomic E-state index is 12.1. The van der Waals surface area contributed by atoms with E-state index in [1.165, 1.54) is 6.92 Å². The third-order valence-electron chi connectivity index (χ3n) is 2.97. The number of ketones is 1. The number of carbonyl (C=O) groups is 4. The maximum absolute atomic E-state index is 12.1. The summed E-state index contributed by atoms with van der Waals surface area (Å²) in [4.78, 5) is 50.2. The summed E-state index contributed by atoms with van der Waals surface area (Å²) in [5.41, 5.74) is 5.84. The lowest BCUT2D eigenvalue weighted by atomic mass is 9.97. The molecule has 0 aromatic rings.